The molecule has 0 saturated carbocycles. The van der Waals surface area contributed by atoms with Crippen LogP contribution in [0.5, 0.6) is 0 Å². The van der Waals surface area contributed by atoms with E-state index in [1.165, 1.54) is 84.1 Å². The zero-order valence-corrected chi connectivity index (χ0v) is 69.1. The third-order valence-corrected chi connectivity index (χ3v) is 25.5. The molecule has 590 valence electrons. The summed E-state index contributed by atoms with van der Waals surface area (Å²) in [5.74, 6) is 5.83. The van der Waals surface area contributed by atoms with Gasteiger partial charge in [-0.15, -0.1) is 22.7 Å². The number of nitrogens with zero attached hydrogens (tertiary/aromatic N) is 9. The molecule has 0 bridgehead atoms. The van der Waals surface area contributed by atoms with Crippen LogP contribution in [0.25, 0.3) is 242 Å². The van der Waals surface area contributed by atoms with Crippen LogP contribution in [0.4, 0.5) is 0 Å². The van der Waals surface area contributed by atoms with Crippen LogP contribution in [0.3, 0.4) is 0 Å². The Bertz CT molecular complexity index is 8340. The van der Waals surface area contributed by atoms with Gasteiger partial charge in [-0.05, 0) is 140 Å². The molecule has 25 rings (SSSR count). The second kappa shape index (κ2) is 32.2. The molecule has 18 aromatic carbocycles. The second-order valence-electron chi connectivity index (χ2n) is 31.1. The number of para-hydroxylation sites is 2. The largest absolute Gasteiger partial charge is 0.456 e. The van der Waals surface area contributed by atoms with Gasteiger partial charge in [0.05, 0.1) is 0 Å². The summed E-state index contributed by atoms with van der Waals surface area (Å²) in [4.78, 5) is 44.5. The van der Waals surface area contributed by atoms with Gasteiger partial charge in [0.1, 0.15) is 22.3 Å². The number of benzene rings is 18. The number of aromatic nitrogens is 9. The number of rotatable bonds is 12. The molecule has 0 N–H and O–H groups in total. The molecule has 0 spiro atoms. The number of thiophene rings is 2. The van der Waals surface area contributed by atoms with Crippen LogP contribution in [-0.4, -0.2) is 44.9 Å². The quantitative estimate of drug-likeness (QED) is 0.115. The van der Waals surface area contributed by atoms with E-state index in [4.69, 9.17) is 53.7 Å². The molecule has 0 atom stereocenters. The molecule has 13 heteroatoms. The minimum atomic E-state index is 0.609. The van der Waals surface area contributed by atoms with Crippen LogP contribution in [0.2, 0.25) is 0 Å². The van der Waals surface area contributed by atoms with Crippen molar-refractivity contribution in [2.24, 2.45) is 0 Å². The highest BCUT2D eigenvalue weighted by Crippen LogP contribution is 2.42. The molecule has 0 unspecified atom stereocenters. The molecule has 7 aromatic heterocycles. The van der Waals surface area contributed by atoms with E-state index in [-0.39, 0.29) is 0 Å². The van der Waals surface area contributed by atoms with E-state index in [1.807, 2.05) is 152 Å². The lowest BCUT2D eigenvalue weighted by Crippen LogP contribution is -2.00. The Morgan fingerprint density at radius 2 is 0.373 bits per heavy atom. The van der Waals surface area contributed by atoms with E-state index in [0.29, 0.717) is 52.4 Å². The van der Waals surface area contributed by atoms with E-state index in [1.54, 1.807) is 22.7 Å². The topological polar surface area (TPSA) is 142 Å². The van der Waals surface area contributed by atoms with Crippen molar-refractivity contribution in [3.63, 3.8) is 0 Å². The van der Waals surface area contributed by atoms with Crippen molar-refractivity contribution in [2.75, 3.05) is 0 Å². The molecular weight excluding hydrogens is 1580 g/mol. The molecule has 0 saturated heterocycles. The molecule has 0 amide bonds. The van der Waals surface area contributed by atoms with E-state index in [2.05, 4.69) is 267 Å². The van der Waals surface area contributed by atoms with Crippen LogP contribution in [0.1, 0.15) is 0 Å². The van der Waals surface area contributed by atoms with Crippen molar-refractivity contribution in [1.82, 2.24) is 44.9 Å². The van der Waals surface area contributed by atoms with Gasteiger partial charge < -0.3 is 8.83 Å². The first-order chi connectivity index (χ1) is 62.3. The van der Waals surface area contributed by atoms with Crippen LogP contribution >= 0.6 is 22.7 Å². The molecule has 25 aromatic rings. The summed E-state index contributed by atoms with van der Waals surface area (Å²) in [5, 5.41) is 14.3. The maximum atomic E-state index is 6.04. The van der Waals surface area contributed by atoms with Gasteiger partial charge in [0, 0.05) is 112 Å². The fraction of sp³-hybridized carbons (Fsp3) is 0. The van der Waals surface area contributed by atoms with Gasteiger partial charge in [-0.1, -0.05) is 334 Å². The molecule has 7 heterocycles. The normalized spacial score (nSPS) is 11.5. The van der Waals surface area contributed by atoms with E-state index >= 15 is 0 Å². The average Bonchev–Trinajstić information content (AvgIpc) is 1.65. The molecule has 0 aliphatic heterocycles. The summed E-state index contributed by atoms with van der Waals surface area (Å²) in [6.07, 6.45) is 0. The Morgan fingerprint density at radius 1 is 0.135 bits per heavy atom. The third-order valence-electron chi connectivity index (χ3n) is 23.2. The minimum Gasteiger partial charge on any atom is -0.456 e. The van der Waals surface area contributed by atoms with Gasteiger partial charge in [-0.3, -0.25) is 0 Å². The van der Waals surface area contributed by atoms with Crippen LogP contribution < -0.4 is 0 Å². The van der Waals surface area contributed by atoms with Crippen molar-refractivity contribution in [3.8, 4) is 136 Å². The number of fused-ring (bicyclic) bond motifs is 14. The Labute approximate surface area is 731 Å². The van der Waals surface area contributed by atoms with Crippen molar-refractivity contribution < 1.29 is 8.83 Å². The fourth-order valence-corrected chi connectivity index (χ4v) is 19.0. The number of furan rings is 2. The average molecular weight is 1650 g/mol. The van der Waals surface area contributed by atoms with Crippen molar-refractivity contribution in [2.45, 2.75) is 0 Å². The monoisotopic (exact) mass is 1650 g/mol. The van der Waals surface area contributed by atoms with E-state index < -0.39 is 0 Å². The second-order valence-corrected chi connectivity index (χ2v) is 33.3. The van der Waals surface area contributed by atoms with Gasteiger partial charge in [-0.2, -0.15) is 0 Å². The van der Waals surface area contributed by atoms with E-state index in [9.17, 15) is 0 Å². The third kappa shape index (κ3) is 14.6. The van der Waals surface area contributed by atoms with Gasteiger partial charge in [0.2, 0.25) is 0 Å². The maximum absolute atomic E-state index is 6.04. The highest BCUT2D eigenvalue weighted by molar-refractivity contribution is 7.26. The van der Waals surface area contributed by atoms with Gasteiger partial charge in [0.25, 0.3) is 0 Å². The lowest BCUT2D eigenvalue weighted by atomic mass is 9.98. The maximum Gasteiger partial charge on any atom is 0.164 e. The summed E-state index contributed by atoms with van der Waals surface area (Å²) < 4.78 is 17.1. The van der Waals surface area contributed by atoms with Crippen LogP contribution in [-0.2, 0) is 0 Å². The van der Waals surface area contributed by atoms with Crippen molar-refractivity contribution >= 4 is 128 Å². The van der Waals surface area contributed by atoms with Crippen LogP contribution in [0.15, 0.2) is 427 Å². The van der Waals surface area contributed by atoms with Gasteiger partial charge in [-0.25, -0.2) is 44.9 Å². The molecule has 0 aliphatic rings. The molecule has 0 aliphatic carbocycles. The molecular formula is C113H69N9O2S2. The SMILES string of the molecule is c1ccc(-c2nc(-c3ccc(-c4ccc(-c5ccc6ccccc6c5)cc4)cc3)nc(-c3ccc4c(c3)sc3ccccc34)n2)cc1.c1ccc(-c2nc(-c3ccc(-c4ccc5ccccc5c4)cc3)nc(-c3ccc4c(c3)sc3ccccc34)n2)cc1.c1ccc(-c2nc(-c3ccc4oc5ccccc5c4c3)nc(-c3ccc4oc5ccccc5c4c3)n2)cc1. The van der Waals surface area contributed by atoms with Gasteiger partial charge in [0.15, 0.2) is 52.4 Å². The number of hydrogen-bond donors (Lipinski definition) is 0. The van der Waals surface area contributed by atoms with E-state index in [0.717, 1.165) is 105 Å². The standard InChI is InChI=1S/C43H27N3S.C37H23N3S.C33H19N3O2/c1-2-9-32(10-3-1)41-44-42(46-43(45-41)36-24-25-38-37-12-6-7-13-39(37)47-40(38)27-36)33-21-18-30(19-22-33)29-14-16-31(17-15-29)35-23-20-28-8-4-5-11-34(28)26-35;1-2-9-26(10-3-1)35-38-36(27-17-14-25(15-18-27)29-19-16-24-8-4-5-11-28(24)22-29)40-37(39-35)30-20-21-32-31-12-6-7-13-33(31)41-34(32)23-30;1-2-8-20(9-3-1)31-34-32(21-14-16-29-25(18-21)23-10-4-6-12-27(23)37-29)36-33(35-31)22-15-17-30-26(19-22)24-11-5-7-13-28(24)38-30/h1-27H;1-23H;1-19H. The Hall–Kier alpha value is -16.5. The fourth-order valence-electron chi connectivity index (χ4n) is 16.7. The van der Waals surface area contributed by atoms with Crippen LogP contribution in [0, 0.1) is 0 Å². The van der Waals surface area contributed by atoms with Crippen molar-refractivity contribution in [3.05, 3.63) is 419 Å². The van der Waals surface area contributed by atoms with Gasteiger partial charge >= 0.3 is 0 Å². The molecule has 0 fully saturated rings. The highest BCUT2D eigenvalue weighted by atomic mass is 32.1. The predicted octanol–water partition coefficient (Wildman–Crippen LogP) is 30.5. The minimum absolute atomic E-state index is 0.609. The molecule has 0 radical (unpaired) electrons. The molecule has 126 heavy (non-hydrogen) atoms. The summed E-state index contributed by atoms with van der Waals surface area (Å²) in [6.45, 7) is 0. The first kappa shape index (κ1) is 74.6. The smallest absolute Gasteiger partial charge is 0.164 e. The molecule has 11 nitrogen and oxygen atoms in total. The summed E-state index contributed by atoms with van der Waals surface area (Å²) in [7, 11) is 0. The first-order valence-corrected chi connectivity index (χ1v) is 43.4. The highest BCUT2D eigenvalue weighted by Gasteiger charge is 2.21. The lowest BCUT2D eigenvalue weighted by molar-refractivity contribution is 0.668. The zero-order chi connectivity index (χ0) is 83.4. The summed E-state index contributed by atoms with van der Waals surface area (Å²) in [5.41, 5.74) is 19.0. The summed E-state index contributed by atoms with van der Waals surface area (Å²) >= 11 is 3.60. The Kier molecular flexibility index (Phi) is 19.0. The summed E-state index contributed by atoms with van der Waals surface area (Å²) in [6, 6.07) is 145. The number of hydrogen-bond acceptors (Lipinski definition) is 13. The Morgan fingerprint density at radius 3 is 0.738 bits per heavy atom. The zero-order valence-electron chi connectivity index (χ0n) is 67.5. The first-order valence-electron chi connectivity index (χ1n) is 41.7. The lowest BCUT2D eigenvalue weighted by Gasteiger charge is -2.10. The predicted molar refractivity (Wildman–Crippen MR) is 520 cm³/mol. The van der Waals surface area contributed by atoms with Crippen molar-refractivity contribution in [1.29, 1.82) is 0 Å². The Balaban J connectivity index is 0.000000109.